The molecule has 3 N–H and O–H groups in total. The zero-order valence-electron chi connectivity index (χ0n) is 17.4. The number of hydrogen-bond donors (Lipinski definition) is 2. The zero-order chi connectivity index (χ0) is 22.4. The van der Waals surface area contributed by atoms with Gasteiger partial charge in [-0.2, -0.15) is 0 Å². The van der Waals surface area contributed by atoms with Crippen LogP contribution in [0.1, 0.15) is 41.2 Å². The SMILES string of the molecule is Nc1ccc(/C=N/C2CCN(c3cc4c(cc3F)c(=O)c(C(=O)O)cn4C3CC3)C2)cc1. The molecule has 1 saturated carbocycles. The number of nitrogens with two attached hydrogens (primary N) is 1. The van der Waals surface area contributed by atoms with Crippen LogP contribution < -0.4 is 16.1 Å². The summed E-state index contributed by atoms with van der Waals surface area (Å²) < 4.78 is 16.9. The Labute approximate surface area is 183 Å². The van der Waals surface area contributed by atoms with Gasteiger partial charge in [-0.25, -0.2) is 9.18 Å². The van der Waals surface area contributed by atoms with E-state index in [1.54, 1.807) is 6.07 Å². The van der Waals surface area contributed by atoms with Gasteiger partial charge < -0.3 is 20.3 Å². The normalized spacial score (nSPS) is 18.7. The first kappa shape index (κ1) is 20.2. The fourth-order valence-corrected chi connectivity index (χ4v) is 4.26. The lowest BCUT2D eigenvalue weighted by atomic mass is 10.1. The number of fused-ring (bicyclic) bond motifs is 1. The minimum absolute atomic E-state index is 0.0302. The number of benzene rings is 2. The minimum Gasteiger partial charge on any atom is -0.477 e. The van der Waals surface area contributed by atoms with Gasteiger partial charge in [-0.3, -0.25) is 9.79 Å². The summed E-state index contributed by atoms with van der Waals surface area (Å²) in [4.78, 5) is 30.7. The van der Waals surface area contributed by atoms with Crippen LogP contribution in [0.3, 0.4) is 0 Å². The van der Waals surface area contributed by atoms with Crippen LogP contribution >= 0.6 is 0 Å². The lowest BCUT2D eigenvalue weighted by molar-refractivity contribution is 0.0695. The highest BCUT2D eigenvalue weighted by molar-refractivity contribution is 5.93. The maximum Gasteiger partial charge on any atom is 0.341 e. The number of aliphatic imine (C=N–C) groups is 1. The van der Waals surface area contributed by atoms with Crippen molar-refractivity contribution >= 4 is 34.5 Å². The molecule has 0 amide bonds. The van der Waals surface area contributed by atoms with Crippen molar-refractivity contribution in [3.63, 3.8) is 0 Å². The number of nitrogen functional groups attached to an aromatic ring is 1. The third-order valence-corrected chi connectivity index (χ3v) is 6.15. The van der Waals surface area contributed by atoms with Crippen LogP contribution in [-0.2, 0) is 0 Å². The van der Waals surface area contributed by atoms with E-state index in [1.807, 2.05) is 39.9 Å². The van der Waals surface area contributed by atoms with E-state index in [-0.39, 0.29) is 23.0 Å². The molecular weight excluding hydrogens is 411 g/mol. The molecule has 3 aromatic rings. The number of rotatable bonds is 5. The predicted octanol–water partition coefficient (Wildman–Crippen LogP) is 3.45. The molecule has 0 radical (unpaired) electrons. The standard InChI is InChI=1S/C24H23FN4O3/c25-20-9-18-21(29(17-5-6-17)13-19(23(18)30)24(31)32)10-22(20)28-8-7-16(12-28)27-11-14-1-3-15(26)4-2-14/h1-4,9-11,13,16-17H,5-8,12,26H2,(H,31,32)/b27-11+. The maximum absolute atomic E-state index is 15.1. The summed E-state index contributed by atoms with van der Waals surface area (Å²) in [5, 5.41) is 9.50. The highest BCUT2D eigenvalue weighted by Crippen LogP contribution is 2.38. The molecule has 1 saturated heterocycles. The third-order valence-electron chi connectivity index (χ3n) is 6.15. The number of pyridine rings is 1. The number of halogens is 1. The Bertz CT molecular complexity index is 1300. The average Bonchev–Trinajstić information content (AvgIpc) is 3.51. The molecule has 1 aliphatic heterocycles. The van der Waals surface area contributed by atoms with Crippen LogP contribution in [0.2, 0.25) is 0 Å². The second kappa shape index (κ2) is 7.78. The van der Waals surface area contributed by atoms with Gasteiger partial charge in [0.1, 0.15) is 11.4 Å². The van der Waals surface area contributed by atoms with Gasteiger partial charge in [0.2, 0.25) is 5.43 Å². The summed E-state index contributed by atoms with van der Waals surface area (Å²) in [6.45, 7) is 1.21. The van der Waals surface area contributed by atoms with Crippen LogP contribution in [0.5, 0.6) is 0 Å². The molecule has 0 bridgehead atoms. The molecule has 164 valence electrons. The van der Waals surface area contributed by atoms with E-state index in [4.69, 9.17) is 5.73 Å². The smallest absolute Gasteiger partial charge is 0.341 e. The second-order valence-corrected chi connectivity index (χ2v) is 8.47. The average molecular weight is 434 g/mol. The second-order valence-electron chi connectivity index (χ2n) is 8.47. The third kappa shape index (κ3) is 3.72. The molecule has 32 heavy (non-hydrogen) atoms. The van der Waals surface area contributed by atoms with Crippen LogP contribution in [0, 0.1) is 5.82 Å². The molecular formula is C24H23FN4O3. The largest absolute Gasteiger partial charge is 0.477 e. The molecule has 2 fully saturated rings. The number of nitrogens with zero attached hydrogens (tertiary/aromatic N) is 3. The topological polar surface area (TPSA) is 101 Å². The molecule has 1 aromatic heterocycles. The maximum atomic E-state index is 15.1. The van der Waals surface area contributed by atoms with Crippen molar-refractivity contribution < 1.29 is 14.3 Å². The first-order valence-electron chi connectivity index (χ1n) is 10.7. The van der Waals surface area contributed by atoms with Gasteiger partial charge in [-0.1, -0.05) is 12.1 Å². The van der Waals surface area contributed by atoms with E-state index >= 15 is 4.39 Å². The van der Waals surface area contributed by atoms with Gasteiger partial charge in [-0.15, -0.1) is 0 Å². The number of hydrogen-bond acceptors (Lipinski definition) is 5. The van der Waals surface area contributed by atoms with Crippen molar-refractivity contribution in [2.24, 2.45) is 4.99 Å². The Morgan fingerprint density at radius 3 is 2.62 bits per heavy atom. The summed E-state index contributed by atoms with van der Waals surface area (Å²) in [7, 11) is 0. The lowest BCUT2D eigenvalue weighted by Crippen LogP contribution is -2.23. The molecule has 8 heteroatoms. The van der Waals surface area contributed by atoms with E-state index in [9.17, 15) is 14.7 Å². The number of aromatic carboxylic acids is 1. The molecule has 1 aliphatic carbocycles. The summed E-state index contributed by atoms with van der Waals surface area (Å²) in [5.41, 5.74) is 7.38. The Balaban J connectivity index is 1.46. The molecule has 0 spiro atoms. The molecule has 2 heterocycles. The van der Waals surface area contributed by atoms with E-state index in [1.165, 1.54) is 12.3 Å². The monoisotopic (exact) mass is 434 g/mol. The van der Waals surface area contributed by atoms with Gasteiger partial charge in [0.15, 0.2) is 0 Å². The van der Waals surface area contributed by atoms with Crippen molar-refractivity contribution in [2.75, 3.05) is 23.7 Å². The Kier molecular flexibility index (Phi) is 4.92. The van der Waals surface area contributed by atoms with E-state index < -0.39 is 17.2 Å². The molecule has 2 aliphatic rings. The summed E-state index contributed by atoms with van der Waals surface area (Å²) in [5.74, 6) is -1.82. The van der Waals surface area contributed by atoms with E-state index in [0.717, 1.165) is 24.8 Å². The van der Waals surface area contributed by atoms with Gasteiger partial charge in [-0.05, 0) is 49.1 Å². The summed E-state index contributed by atoms with van der Waals surface area (Å²) >= 11 is 0. The molecule has 5 rings (SSSR count). The first-order chi connectivity index (χ1) is 15.4. The molecule has 1 atom stereocenters. The molecule has 2 aromatic carbocycles. The molecule has 7 nitrogen and oxygen atoms in total. The Hall–Kier alpha value is -3.68. The number of carboxylic acids is 1. The fourth-order valence-electron chi connectivity index (χ4n) is 4.26. The number of anilines is 2. The van der Waals surface area contributed by atoms with Crippen LogP contribution in [-0.4, -0.2) is 41.0 Å². The van der Waals surface area contributed by atoms with Gasteiger partial charge in [0.25, 0.3) is 0 Å². The van der Waals surface area contributed by atoms with Crippen molar-refractivity contribution in [2.45, 2.75) is 31.3 Å². The van der Waals surface area contributed by atoms with Crippen molar-refractivity contribution in [1.29, 1.82) is 0 Å². The van der Waals surface area contributed by atoms with Crippen LogP contribution in [0.25, 0.3) is 10.9 Å². The number of carboxylic acid groups (broad SMARTS) is 1. The summed E-state index contributed by atoms with van der Waals surface area (Å²) in [6.07, 6.45) is 5.82. The Morgan fingerprint density at radius 2 is 1.94 bits per heavy atom. The molecule has 1 unspecified atom stereocenters. The predicted molar refractivity (Wildman–Crippen MR) is 122 cm³/mol. The van der Waals surface area contributed by atoms with Gasteiger partial charge in [0.05, 0.1) is 17.2 Å². The summed E-state index contributed by atoms with van der Waals surface area (Å²) in [6, 6.07) is 10.5. The highest BCUT2D eigenvalue weighted by Gasteiger charge is 2.29. The zero-order valence-corrected chi connectivity index (χ0v) is 17.4. The Morgan fingerprint density at radius 1 is 1.19 bits per heavy atom. The van der Waals surface area contributed by atoms with Gasteiger partial charge in [0, 0.05) is 42.6 Å². The first-order valence-corrected chi connectivity index (χ1v) is 10.7. The quantitative estimate of drug-likeness (QED) is 0.473. The number of aromatic nitrogens is 1. The van der Waals surface area contributed by atoms with Crippen LogP contribution in [0.4, 0.5) is 15.8 Å². The van der Waals surface area contributed by atoms with Crippen molar-refractivity contribution in [3.8, 4) is 0 Å². The minimum atomic E-state index is -1.29. The fraction of sp³-hybridized carbons (Fsp3) is 0.292. The van der Waals surface area contributed by atoms with Crippen LogP contribution in [0.15, 0.2) is 52.4 Å². The van der Waals surface area contributed by atoms with Gasteiger partial charge >= 0.3 is 5.97 Å². The lowest BCUT2D eigenvalue weighted by Gasteiger charge is -2.21. The highest BCUT2D eigenvalue weighted by atomic mass is 19.1. The number of carbonyl (C=O) groups is 1. The van der Waals surface area contributed by atoms with Crippen molar-refractivity contribution in [3.05, 3.63) is 69.8 Å². The van der Waals surface area contributed by atoms with E-state index in [0.29, 0.717) is 30.0 Å². The van der Waals surface area contributed by atoms with E-state index in [2.05, 4.69) is 4.99 Å². The van der Waals surface area contributed by atoms with Crippen molar-refractivity contribution in [1.82, 2.24) is 4.57 Å².